The molecule has 2 aromatic rings. The Labute approximate surface area is 147 Å². The summed E-state index contributed by atoms with van der Waals surface area (Å²) in [5.74, 6) is 1.51. The standard InChI is InChI=1S/C19H23NO3S/c1-13(2)19(17-6-5-11-24-17)20-18(21)10-8-14-7-9-15(22-3)16(12-14)23-4/h5-13,19H,1-4H3,(H,20,21)/b10-8+/t19-/m0/s1. The first-order chi connectivity index (χ1) is 11.5. The summed E-state index contributed by atoms with van der Waals surface area (Å²) in [5.41, 5.74) is 0.875. The molecule has 0 radical (unpaired) electrons. The molecule has 1 aromatic heterocycles. The predicted molar refractivity (Wildman–Crippen MR) is 98.6 cm³/mol. The van der Waals surface area contributed by atoms with Crippen LogP contribution in [0.1, 0.15) is 30.3 Å². The lowest BCUT2D eigenvalue weighted by Gasteiger charge is -2.20. The molecule has 0 saturated carbocycles. The van der Waals surface area contributed by atoms with E-state index in [9.17, 15) is 4.79 Å². The minimum Gasteiger partial charge on any atom is -0.493 e. The van der Waals surface area contributed by atoms with Crippen LogP contribution in [-0.2, 0) is 4.79 Å². The third kappa shape index (κ3) is 4.61. The summed E-state index contributed by atoms with van der Waals surface area (Å²) in [5, 5.41) is 5.09. The van der Waals surface area contributed by atoms with Gasteiger partial charge in [0, 0.05) is 11.0 Å². The molecule has 0 aliphatic rings. The van der Waals surface area contributed by atoms with E-state index in [1.807, 2.05) is 35.7 Å². The maximum absolute atomic E-state index is 12.3. The van der Waals surface area contributed by atoms with Crippen LogP contribution in [0.3, 0.4) is 0 Å². The van der Waals surface area contributed by atoms with Gasteiger partial charge in [0.15, 0.2) is 11.5 Å². The third-order valence-electron chi connectivity index (χ3n) is 3.65. The molecule has 24 heavy (non-hydrogen) atoms. The van der Waals surface area contributed by atoms with Gasteiger partial charge in [-0.05, 0) is 41.1 Å². The van der Waals surface area contributed by atoms with Gasteiger partial charge in [-0.25, -0.2) is 0 Å². The van der Waals surface area contributed by atoms with Gasteiger partial charge in [-0.2, -0.15) is 0 Å². The van der Waals surface area contributed by atoms with Gasteiger partial charge >= 0.3 is 0 Å². The smallest absolute Gasteiger partial charge is 0.244 e. The van der Waals surface area contributed by atoms with Gasteiger partial charge in [0.2, 0.25) is 5.91 Å². The van der Waals surface area contributed by atoms with E-state index in [1.54, 1.807) is 37.7 Å². The van der Waals surface area contributed by atoms with Gasteiger partial charge < -0.3 is 14.8 Å². The summed E-state index contributed by atoms with van der Waals surface area (Å²) in [6, 6.07) is 9.60. The van der Waals surface area contributed by atoms with E-state index < -0.39 is 0 Å². The number of hydrogen-bond donors (Lipinski definition) is 1. The average Bonchev–Trinajstić information content (AvgIpc) is 3.11. The van der Waals surface area contributed by atoms with Crippen molar-refractivity contribution < 1.29 is 14.3 Å². The number of carbonyl (C=O) groups is 1. The number of carbonyl (C=O) groups excluding carboxylic acids is 1. The van der Waals surface area contributed by atoms with Crippen LogP contribution in [0.4, 0.5) is 0 Å². The van der Waals surface area contributed by atoms with Crippen molar-refractivity contribution in [3.05, 3.63) is 52.2 Å². The normalized spacial score (nSPS) is 12.4. The van der Waals surface area contributed by atoms with E-state index in [-0.39, 0.29) is 11.9 Å². The van der Waals surface area contributed by atoms with Crippen molar-refractivity contribution >= 4 is 23.3 Å². The topological polar surface area (TPSA) is 47.6 Å². The summed E-state index contributed by atoms with van der Waals surface area (Å²) in [6.45, 7) is 4.20. The zero-order chi connectivity index (χ0) is 17.5. The Bertz CT molecular complexity index is 693. The largest absolute Gasteiger partial charge is 0.493 e. The molecule has 1 amide bonds. The number of hydrogen-bond acceptors (Lipinski definition) is 4. The van der Waals surface area contributed by atoms with E-state index >= 15 is 0 Å². The number of methoxy groups -OCH3 is 2. The number of benzene rings is 1. The molecule has 1 heterocycles. The van der Waals surface area contributed by atoms with E-state index in [0.717, 1.165) is 10.4 Å². The van der Waals surface area contributed by atoms with E-state index in [4.69, 9.17) is 9.47 Å². The second kappa shape index (κ2) is 8.55. The third-order valence-corrected chi connectivity index (χ3v) is 4.60. The number of nitrogens with one attached hydrogen (secondary N) is 1. The second-order valence-electron chi connectivity index (χ2n) is 5.69. The van der Waals surface area contributed by atoms with Gasteiger partial charge in [-0.15, -0.1) is 11.3 Å². The van der Waals surface area contributed by atoms with Crippen molar-refractivity contribution in [3.8, 4) is 11.5 Å². The fourth-order valence-electron chi connectivity index (χ4n) is 2.36. The van der Waals surface area contributed by atoms with Crippen LogP contribution in [0.15, 0.2) is 41.8 Å². The molecule has 0 spiro atoms. The second-order valence-corrected chi connectivity index (χ2v) is 6.67. The zero-order valence-electron chi connectivity index (χ0n) is 14.4. The fourth-order valence-corrected chi connectivity index (χ4v) is 3.31. The molecule has 1 aromatic carbocycles. The Morgan fingerprint density at radius 3 is 2.50 bits per heavy atom. The highest BCUT2D eigenvalue weighted by atomic mass is 32.1. The number of ether oxygens (including phenoxy) is 2. The van der Waals surface area contributed by atoms with Crippen molar-refractivity contribution in [1.29, 1.82) is 0 Å². The quantitative estimate of drug-likeness (QED) is 0.762. The average molecular weight is 345 g/mol. The van der Waals surface area contributed by atoms with Gasteiger partial charge in [-0.3, -0.25) is 4.79 Å². The molecule has 0 bridgehead atoms. The van der Waals surface area contributed by atoms with Crippen LogP contribution >= 0.6 is 11.3 Å². The van der Waals surface area contributed by atoms with E-state index in [0.29, 0.717) is 17.4 Å². The molecule has 0 aliphatic heterocycles. The molecule has 1 atom stereocenters. The predicted octanol–water partition coefficient (Wildman–Crippen LogP) is 4.29. The van der Waals surface area contributed by atoms with Crippen LogP contribution in [-0.4, -0.2) is 20.1 Å². The molecule has 0 saturated heterocycles. The molecular formula is C19H23NO3S. The summed E-state index contributed by atoms with van der Waals surface area (Å²) in [7, 11) is 3.18. The van der Waals surface area contributed by atoms with Crippen LogP contribution in [0.2, 0.25) is 0 Å². The Balaban J connectivity index is 2.07. The number of thiophene rings is 1. The first kappa shape index (κ1) is 18.1. The van der Waals surface area contributed by atoms with Crippen molar-refractivity contribution in [2.45, 2.75) is 19.9 Å². The molecule has 0 unspecified atom stereocenters. The summed E-state index contributed by atoms with van der Waals surface area (Å²) in [6.07, 6.45) is 3.31. The summed E-state index contributed by atoms with van der Waals surface area (Å²) in [4.78, 5) is 13.4. The minimum absolute atomic E-state index is 0.0209. The van der Waals surface area contributed by atoms with Gasteiger partial charge in [0.05, 0.1) is 20.3 Å². The van der Waals surface area contributed by atoms with Crippen molar-refractivity contribution in [2.24, 2.45) is 5.92 Å². The monoisotopic (exact) mass is 345 g/mol. The van der Waals surface area contributed by atoms with Crippen LogP contribution in [0.5, 0.6) is 11.5 Å². The van der Waals surface area contributed by atoms with Crippen molar-refractivity contribution in [1.82, 2.24) is 5.32 Å². The molecule has 0 aliphatic carbocycles. The van der Waals surface area contributed by atoms with Crippen LogP contribution in [0, 0.1) is 5.92 Å². The molecule has 4 nitrogen and oxygen atoms in total. The maximum Gasteiger partial charge on any atom is 0.244 e. The molecule has 1 N–H and O–H groups in total. The van der Waals surface area contributed by atoms with Crippen LogP contribution in [0.25, 0.3) is 6.08 Å². The fraction of sp³-hybridized carbons (Fsp3) is 0.316. The van der Waals surface area contributed by atoms with E-state index in [2.05, 4.69) is 19.2 Å². The molecule has 0 fully saturated rings. The van der Waals surface area contributed by atoms with Crippen LogP contribution < -0.4 is 14.8 Å². The van der Waals surface area contributed by atoms with Crippen molar-refractivity contribution in [2.75, 3.05) is 14.2 Å². The highest BCUT2D eigenvalue weighted by Gasteiger charge is 2.18. The molecule has 128 valence electrons. The first-order valence-corrected chi connectivity index (χ1v) is 8.67. The van der Waals surface area contributed by atoms with Gasteiger partial charge in [0.25, 0.3) is 0 Å². The zero-order valence-corrected chi connectivity index (χ0v) is 15.2. The Kier molecular flexibility index (Phi) is 6.44. The number of amides is 1. The lowest BCUT2D eigenvalue weighted by molar-refractivity contribution is -0.117. The van der Waals surface area contributed by atoms with Crippen molar-refractivity contribution in [3.63, 3.8) is 0 Å². The SMILES string of the molecule is COc1ccc(/C=C/C(=O)N[C@H](c2cccs2)C(C)C)cc1OC. The van der Waals surface area contributed by atoms with Gasteiger partial charge in [0.1, 0.15) is 0 Å². The Morgan fingerprint density at radius 1 is 1.17 bits per heavy atom. The summed E-state index contributed by atoms with van der Waals surface area (Å²) < 4.78 is 10.5. The lowest BCUT2D eigenvalue weighted by atomic mass is 10.0. The van der Waals surface area contributed by atoms with Gasteiger partial charge in [-0.1, -0.05) is 26.0 Å². The highest BCUT2D eigenvalue weighted by Crippen LogP contribution is 2.28. The Morgan fingerprint density at radius 2 is 1.92 bits per heavy atom. The molecular weight excluding hydrogens is 322 g/mol. The molecule has 2 rings (SSSR count). The lowest BCUT2D eigenvalue weighted by Crippen LogP contribution is -2.29. The first-order valence-electron chi connectivity index (χ1n) is 7.79. The summed E-state index contributed by atoms with van der Waals surface area (Å²) >= 11 is 1.66. The minimum atomic E-state index is -0.114. The Hall–Kier alpha value is -2.27. The maximum atomic E-state index is 12.3. The molecule has 5 heteroatoms. The highest BCUT2D eigenvalue weighted by molar-refractivity contribution is 7.10. The number of rotatable bonds is 7. The van der Waals surface area contributed by atoms with E-state index in [1.165, 1.54) is 0 Å².